The Morgan fingerprint density at radius 2 is 1.67 bits per heavy atom. The van der Waals surface area contributed by atoms with Crippen LogP contribution in [0.5, 0.6) is 0 Å². The quantitative estimate of drug-likeness (QED) is 0.145. The maximum Gasteiger partial charge on any atom is 1.00 e. The van der Waals surface area contributed by atoms with Crippen molar-refractivity contribution in [1.82, 2.24) is 9.55 Å². The second-order valence-electron chi connectivity index (χ2n) is 5.43. The zero-order valence-corrected chi connectivity index (χ0v) is 23.5. The first-order valence-electron chi connectivity index (χ1n) is 7.21. The van der Waals surface area contributed by atoms with Crippen molar-refractivity contribution >= 4 is 29.3 Å². The summed E-state index contributed by atoms with van der Waals surface area (Å²) in [6, 6.07) is 1.19. The van der Waals surface area contributed by atoms with Crippen molar-refractivity contribution in [1.29, 1.82) is 0 Å². The maximum atomic E-state index is 11.8. The van der Waals surface area contributed by atoms with Gasteiger partial charge in [-0.05, 0) is 6.07 Å². The Bertz CT molecular complexity index is 959. The predicted molar refractivity (Wildman–Crippen MR) is 91.4 cm³/mol. The normalized spacial score (nSPS) is 27.2. The van der Waals surface area contributed by atoms with Crippen LogP contribution in [0, 0.1) is 0 Å². The summed E-state index contributed by atoms with van der Waals surface area (Å²) in [5.41, 5.74) is 4.37. The van der Waals surface area contributed by atoms with Crippen LogP contribution in [0.3, 0.4) is 0 Å². The second kappa shape index (κ2) is 14.6. The van der Waals surface area contributed by atoms with E-state index in [4.69, 9.17) is 15.4 Å². The summed E-state index contributed by atoms with van der Waals surface area (Å²) in [6.07, 6.45) is -5.50. The van der Waals surface area contributed by atoms with Gasteiger partial charge in [-0.25, -0.2) is 18.0 Å². The molecule has 33 heavy (non-hydrogen) atoms. The Labute approximate surface area is 228 Å². The first-order valence-corrected chi connectivity index (χ1v) is 11.7. The van der Waals surface area contributed by atoms with E-state index in [-0.39, 0.29) is 75.9 Å². The number of nitrogens with two attached hydrogens (primary N) is 1. The van der Waals surface area contributed by atoms with Gasteiger partial charge >= 0.3 is 72.6 Å². The molecule has 1 saturated heterocycles. The molecular formula is C9H18N3Na2O16P3. The van der Waals surface area contributed by atoms with Crippen molar-refractivity contribution in [2.75, 3.05) is 12.3 Å². The molecule has 0 saturated carbocycles. The Hall–Kier alpha value is 0.890. The topological polar surface area (TPSA) is 339 Å². The van der Waals surface area contributed by atoms with Crippen LogP contribution in [0.15, 0.2) is 17.1 Å². The monoisotopic (exact) mass is 563 g/mol. The minimum atomic E-state index is -6.03. The molecule has 0 aliphatic carbocycles. The summed E-state index contributed by atoms with van der Waals surface area (Å²) in [4.78, 5) is 54.3. The van der Waals surface area contributed by atoms with Crippen LogP contribution in [0.2, 0.25) is 0 Å². The van der Waals surface area contributed by atoms with Gasteiger partial charge in [0, 0.05) is 6.20 Å². The summed E-state index contributed by atoms with van der Waals surface area (Å²) < 4.78 is 49.9. The van der Waals surface area contributed by atoms with Crippen molar-refractivity contribution in [3.8, 4) is 0 Å². The number of nitrogen functional groups attached to an aromatic ring is 1. The van der Waals surface area contributed by atoms with Gasteiger partial charge in [0.2, 0.25) is 0 Å². The standard InChI is InChI=1S/C9H16N3O14P3.2Na.2H2O/c10-5-1-2-12(9(15)11-5)8-7(14)6(13)4(24-8)3-23-28(19,20)26-29(21,22)25-27(16,17)18;;;;/h1-2,4,6-8,13-14H,3H2,(H,19,20)(H,21,22)(H2,10,11,15)(H2,16,17,18);;;2*1H2/q;2*+1;;/p-2/t4-,6+,7-,8-;;;;/m1..../s1. The summed E-state index contributed by atoms with van der Waals surface area (Å²) in [7, 11) is -17.4. The SMILES string of the molecule is Nc1ccn([C@@H]2O[C@H](COP(=O)(O)OP(=O)([O-])OP(=O)([O-])O)[C@H](O)[C@H]2O)c(=O)n1.O.O.[Na+].[Na+]. The fraction of sp³-hybridized carbons (Fsp3) is 0.556. The third-order valence-corrected chi connectivity index (χ3v) is 7.00. The van der Waals surface area contributed by atoms with E-state index in [1.54, 1.807) is 0 Å². The molecule has 3 unspecified atom stereocenters. The van der Waals surface area contributed by atoms with Crippen LogP contribution in [0.1, 0.15) is 6.23 Å². The predicted octanol–water partition coefficient (Wildman–Crippen LogP) is -11.1. The van der Waals surface area contributed by atoms with E-state index in [1.807, 2.05) is 0 Å². The summed E-state index contributed by atoms with van der Waals surface area (Å²) in [6.45, 7) is -1.06. The molecule has 0 aromatic carbocycles. The van der Waals surface area contributed by atoms with Crippen LogP contribution in [0.25, 0.3) is 0 Å². The number of nitrogens with zero attached hydrogens (tertiary/aromatic N) is 2. The van der Waals surface area contributed by atoms with Crippen molar-refractivity contribution in [3.05, 3.63) is 22.7 Å². The molecule has 1 aromatic heterocycles. The van der Waals surface area contributed by atoms with Crippen LogP contribution < -0.4 is 80.3 Å². The van der Waals surface area contributed by atoms with Gasteiger partial charge in [-0.3, -0.25) is 18.2 Å². The van der Waals surface area contributed by atoms with Crippen LogP contribution in [0.4, 0.5) is 5.82 Å². The van der Waals surface area contributed by atoms with E-state index in [1.165, 1.54) is 6.07 Å². The van der Waals surface area contributed by atoms with Crippen LogP contribution in [-0.2, 0) is 31.6 Å². The molecule has 2 rings (SSSR count). The number of hydrogen-bond donors (Lipinski definition) is 5. The fourth-order valence-corrected chi connectivity index (χ4v) is 5.11. The average molecular weight is 563 g/mol. The van der Waals surface area contributed by atoms with E-state index in [0.717, 1.165) is 10.8 Å². The third-order valence-electron chi connectivity index (χ3n) is 3.27. The van der Waals surface area contributed by atoms with Gasteiger partial charge in [-0.1, -0.05) is 0 Å². The van der Waals surface area contributed by atoms with Crippen molar-refractivity contribution in [2.24, 2.45) is 0 Å². The number of aliphatic hydroxyl groups is 2. The van der Waals surface area contributed by atoms with Crippen LogP contribution in [-0.4, -0.2) is 65.4 Å². The molecule has 1 aromatic rings. The molecule has 10 N–H and O–H groups in total. The Morgan fingerprint density at radius 1 is 1.12 bits per heavy atom. The third kappa shape index (κ3) is 11.7. The Morgan fingerprint density at radius 3 is 2.15 bits per heavy atom. The molecule has 182 valence electrons. The number of ether oxygens (including phenoxy) is 1. The van der Waals surface area contributed by atoms with E-state index in [9.17, 15) is 43.4 Å². The first kappa shape index (κ1) is 38.4. The van der Waals surface area contributed by atoms with Gasteiger partial charge in [0.1, 0.15) is 24.1 Å². The Balaban J connectivity index is -0.00000225. The molecule has 0 radical (unpaired) electrons. The molecule has 1 fully saturated rings. The van der Waals surface area contributed by atoms with E-state index in [2.05, 4.69) is 18.1 Å². The first-order chi connectivity index (χ1) is 13.1. The number of aromatic nitrogens is 2. The number of rotatable bonds is 8. The molecule has 1 aliphatic heterocycles. The summed E-state index contributed by atoms with van der Waals surface area (Å²) >= 11 is 0. The van der Waals surface area contributed by atoms with E-state index < -0.39 is 60.3 Å². The minimum Gasteiger partial charge on any atom is -0.756 e. The molecule has 2 heterocycles. The molecule has 19 nitrogen and oxygen atoms in total. The number of anilines is 1. The second-order valence-corrected chi connectivity index (χ2v) is 9.77. The smallest absolute Gasteiger partial charge is 0.756 e. The molecule has 0 amide bonds. The van der Waals surface area contributed by atoms with E-state index in [0.29, 0.717) is 0 Å². The van der Waals surface area contributed by atoms with Gasteiger partial charge in [0.05, 0.1) is 6.61 Å². The van der Waals surface area contributed by atoms with Crippen molar-refractivity contribution in [3.63, 3.8) is 0 Å². The van der Waals surface area contributed by atoms with Gasteiger partial charge in [0.25, 0.3) is 15.6 Å². The largest absolute Gasteiger partial charge is 1.00 e. The number of phosphoric acid groups is 3. The number of aliphatic hydroxyl groups excluding tert-OH is 2. The Kier molecular flexibility index (Phi) is 17.0. The molecule has 7 atom stereocenters. The number of phosphoric ester groups is 1. The zero-order valence-electron chi connectivity index (χ0n) is 16.9. The van der Waals surface area contributed by atoms with E-state index >= 15 is 0 Å². The number of hydrogen-bond acceptors (Lipinski definition) is 14. The molecule has 0 spiro atoms. The molecule has 1 aliphatic rings. The molecule has 0 bridgehead atoms. The molecule has 24 heteroatoms. The van der Waals surface area contributed by atoms with Crippen molar-refractivity contribution < 1.29 is 131 Å². The van der Waals surface area contributed by atoms with Gasteiger partial charge in [-0.15, -0.1) is 0 Å². The molecular weight excluding hydrogens is 545 g/mol. The fourth-order valence-electron chi connectivity index (χ4n) is 2.18. The van der Waals surface area contributed by atoms with Gasteiger partial charge < -0.3 is 51.2 Å². The van der Waals surface area contributed by atoms with Crippen LogP contribution >= 0.6 is 23.5 Å². The van der Waals surface area contributed by atoms with Gasteiger partial charge in [0.15, 0.2) is 6.23 Å². The zero-order chi connectivity index (χ0) is 22.2. The summed E-state index contributed by atoms with van der Waals surface area (Å²) in [5.74, 6) is -0.132. The van der Waals surface area contributed by atoms with Gasteiger partial charge in [-0.2, -0.15) is 4.98 Å². The maximum absolute atomic E-state index is 11.8. The average Bonchev–Trinajstić information content (AvgIpc) is 2.78. The summed E-state index contributed by atoms with van der Waals surface area (Å²) in [5, 5.41) is 19.9. The minimum absolute atomic E-state index is 0. The van der Waals surface area contributed by atoms with Crippen molar-refractivity contribution in [2.45, 2.75) is 24.5 Å².